The number of carboxylic acid groups (broad SMARTS) is 1. The van der Waals surface area contributed by atoms with Gasteiger partial charge in [-0.15, -0.1) is 0 Å². The first-order chi connectivity index (χ1) is 6.16. The molecule has 0 aliphatic heterocycles. The van der Waals surface area contributed by atoms with Crippen molar-refractivity contribution in [3.63, 3.8) is 0 Å². The second-order valence-electron chi connectivity index (χ2n) is 4.39. The van der Waals surface area contributed by atoms with Gasteiger partial charge in [-0.1, -0.05) is 27.4 Å². The Morgan fingerprint density at radius 1 is 1.36 bits per heavy atom. The van der Waals surface area contributed by atoms with Crippen LogP contribution in [-0.4, -0.2) is 23.0 Å². The van der Waals surface area contributed by atoms with Gasteiger partial charge in [0.2, 0.25) is 5.91 Å². The smallest absolute Gasteiger partial charge is 0.326 e. The van der Waals surface area contributed by atoms with E-state index < -0.39 is 23.3 Å². The fourth-order valence-electron chi connectivity index (χ4n) is 0.903. The van der Waals surface area contributed by atoms with Crippen LogP contribution in [0.2, 0.25) is 0 Å². The summed E-state index contributed by atoms with van der Waals surface area (Å²) in [4.78, 5) is 22.1. The quantitative estimate of drug-likeness (QED) is 0.671. The van der Waals surface area contributed by atoms with Crippen molar-refractivity contribution in [3.05, 3.63) is 12.2 Å². The minimum atomic E-state index is -1.04. The lowest BCUT2D eigenvalue weighted by Gasteiger charge is -2.27. The van der Waals surface area contributed by atoms with Crippen LogP contribution in [0.15, 0.2) is 12.2 Å². The zero-order valence-corrected chi connectivity index (χ0v) is 9.05. The number of hydrogen-bond acceptors (Lipinski definition) is 2. The summed E-state index contributed by atoms with van der Waals surface area (Å²) < 4.78 is 0. The Bertz CT molecular complexity index is 263. The van der Waals surface area contributed by atoms with Gasteiger partial charge >= 0.3 is 5.97 Å². The van der Waals surface area contributed by atoms with Gasteiger partial charge in [-0.3, -0.25) is 4.79 Å². The van der Waals surface area contributed by atoms with Crippen molar-refractivity contribution in [3.8, 4) is 0 Å². The van der Waals surface area contributed by atoms with Crippen LogP contribution in [0.25, 0.3) is 0 Å². The molecule has 1 atom stereocenters. The molecule has 0 heterocycles. The fourth-order valence-corrected chi connectivity index (χ4v) is 0.903. The monoisotopic (exact) mass is 199 g/mol. The summed E-state index contributed by atoms with van der Waals surface area (Å²) in [5.41, 5.74) is -0.211. The molecule has 4 heteroatoms. The molecule has 0 aromatic rings. The molecule has 1 amide bonds. The fraction of sp³-hybridized carbons (Fsp3) is 0.600. The lowest BCUT2D eigenvalue weighted by Crippen LogP contribution is -2.49. The third-order valence-electron chi connectivity index (χ3n) is 1.78. The lowest BCUT2D eigenvalue weighted by molar-refractivity contribution is -0.144. The second kappa shape index (κ2) is 4.26. The Hall–Kier alpha value is -1.32. The predicted molar refractivity (Wildman–Crippen MR) is 53.8 cm³/mol. The first-order valence-electron chi connectivity index (χ1n) is 4.35. The van der Waals surface area contributed by atoms with E-state index in [0.29, 0.717) is 5.57 Å². The number of nitrogens with one attached hydrogen (secondary N) is 1. The van der Waals surface area contributed by atoms with Gasteiger partial charge in [-0.2, -0.15) is 0 Å². The van der Waals surface area contributed by atoms with Crippen molar-refractivity contribution in [2.45, 2.75) is 33.7 Å². The molecule has 0 aromatic heterocycles. The van der Waals surface area contributed by atoms with E-state index in [1.165, 1.54) is 6.92 Å². The molecule has 0 spiro atoms. The highest BCUT2D eigenvalue weighted by Crippen LogP contribution is 2.19. The minimum absolute atomic E-state index is 0.306. The third kappa shape index (κ3) is 3.60. The maximum absolute atomic E-state index is 11.2. The number of carboxylic acids is 1. The third-order valence-corrected chi connectivity index (χ3v) is 1.78. The number of carbonyl (C=O) groups excluding carboxylic acids is 1. The van der Waals surface area contributed by atoms with Gasteiger partial charge in [0.05, 0.1) is 0 Å². The van der Waals surface area contributed by atoms with Gasteiger partial charge in [0.25, 0.3) is 0 Å². The number of amides is 1. The lowest BCUT2D eigenvalue weighted by atomic mass is 9.86. The Morgan fingerprint density at radius 3 is 2.00 bits per heavy atom. The molecule has 80 valence electrons. The molecule has 2 N–H and O–H groups in total. The van der Waals surface area contributed by atoms with Crippen molar-refractivity contribution in [1.82, 2.24) is 5.32 Å². The molecule has 14 heavy (non-hydrogen) atoms. The van der Waals surface area contributed by atoms with Crippen molar-refractivity contribution >= 4 is 11.9 Å². The standard InChI is InChI=1S/C10H17NO3/c1-6(2)8(12)11-7(9(13)14)10(3,4)5/h7H,1H2,2-5H3,(H,11,12)(H,13,14). The van der Waals surface area contributed by atoms with Crippen molar-refractivity contribution in [2.24, 2.45) is 5.41 Å². The summed E-state index contributed by atoms with van der Waals surface area (Å²) in [6, 6.07) is -0.897. The maximum atomic E-state index is 11.2. The number of rotatable bonds is 3. The van der Waals surface area contributed by atoms with Crippen LogP contribution >= 0.6 is 0 Å². The molecular formula is C10H17NO3. The van der Waals surface area contributed by atoms with E-state index in [4.69, 9.17) is 5.11 Å². The van der Waals surface area contributed by atoms with E-state index in [1.807, 2.05) is 0 Å². The summed E-state index contributed by atoms with van der Waals surface area (Å²) in [7, 11) is 0. The normalized spacial score (nSPS) is 13.1. The number of aliphatic carboxylic acids is 1. The van der Waals surface area contributed by atoms with Crippen LogP contribution < -0.4 is 5.32 Å². The highest BCUT2D eigenvalue weighted by atomic mass is 16.4. The molecule has 4 nitrogen and oxygen atoms in total. The average Bonchev–Trinajstić information content (AvgIpc) is 1.96. The van der Waals surface area contributed by atoms with Gasteiger partial charge < -0.3 is 10.4 Å². The van der Waals surface area contributed by atoms with Crippen molar-refractivity contribution in [2.75, 3.05) is 0 Å². The Labute approximate surface area is 84.0 Å². The van der Waals surface area contributed by atoms with E-state index in [2.05, 4.69) is 11.9 Å². The molecule has 0 aliphatic carbocycles. The molecule has 0 radical (unpaired) electrons. The van der Waals surface area contributed by atoms with Gasteiger partial charge in [0.15, 0.2) is 0 Å². The van der Waals surface area contributed by atoms with E-state index >= 15 is 0 Å². The Kier molecular flexibility index (Phi) is 3.86. The van der Waals surface area contributed by atoms with E-state index in [1.54, 1.807) is 20.8 Å². The van der Waals surface area contributed by atoms with Gasteiger partial charge in [-0.25, -0.2) is 4.79 Å². The van der Waals surface area contributed by atoms with Gasteiger partial charge in [-0.05, 0) is 12.3 Å². The molecule has 0 aromatic carbocycles. The van der Waals surface area contributed by atoms with Gasteiger partial charge in [0, 0.05) is 5.57 Å². The van der Waals surface area contributed by atoms with Crippen LogP contribution in [0.5, 0.6) is 0 Å². The summed E-state index contributed by atoms with van der Waals surface area (Å²) >= 11 is 0. The average molecular weight is 199 g/mol. The molecule has 0 rings (SSSR count). The molecule has 1 unspecified atom stereocenters. The summed E-state index contributed by atoms with van der Waals surface area (Å²) in [5, 5.41) is 11.3. The van der Waals surface area contributed by atoms with E-state index in [9.17, 15) is 9.59 Å². The first kappa shape index (κ1) is 12.7. The van der Waals surface area contributed by atoms with Crippen molar-refractivity contribution < 1.29 is 14.7 Å². The molecular weight excluding hydrogens is 182 g/mol. The summed E-state index contributed by atoms with van der Waals surface area (Å²) in [6.07, 6.45) is 0. The Balaban J connectivity index is 4.64. The number of hydrogen-bond donors (Lipinski definition) is 2. The Morgan fingerprint density at radius 2 is 1.79 bits per heavy atom. The van der Waals surface area contributed by atoms with Crippen LogP contribution in [0.3, 0.4) is 0 Å². The van der Waals surface area contributed by atoms with Gasteiger partial charge in [0.1, 0.15) is 6.04 Å². The molecule has 0 saturated carbocycles. The van der Waals surface area contributed by atoms with Crippen LogP contribution in [0.1, 0.15) is 27.7 Å². The SMILES string of the molecule is C=C(C)C(=O)NC(C(=O)O)C(C)(C)C. The molecule has 0 aliphatic rings. The molecule has 0 bridgehead atoms. The highest BCUT2D eigenvalue weighted by Gasteiger charge is 2.32. The van der Waals surface area contributed by atoms with Crippen LogP contribution in [0.4, 0.5) is 0 Å². The zero-order chi connectivity index (χ0) is 11.5. The first-order valence-corrected chi connectivity index (χ1v) is 4.35. The van der Waals surface area contributed by atoms with Crippen molar-refractivity contribution in [1.29, 1.82) is 0 Å². The van der Waals surface area contributed by atoms with E-state index in [0.717, 1.165) is 0 Å². The highest BCUT2D eigenvalue weighted by molar-refractivity contribution is 5.95. The number of carbonyl (C=O) groups is 2. The zero-order valence-electron chi connectivity index (χ0n) is 9.05. The summed E-state index contributed by atoms with van der Waals surface area (Å²) in [6.45, 7) is 10.2. The topological polar surface area (TPSA) is 66.4 Å². The minimum Gasteiger partial charge on any atom is -0.480 e. The summed E-state index contributed by atoms with van der Waals surface area (Å²) in [5.74, 6) is -1.46. The predicted octanol–water partition coefficient (Wildman–Crippen LogP) is 1.18. The molecule has 0 fully saturated rings. The van der Waals surface area contributed by atoms with Crippen LogP contribution in [0, 0.1) is 5.41 Å². The largest absolute Gasteiger partial charge is 0.480 e. The maximum Gasteiger partial charge on any atom is 0.326 e. The second-order valence-corrected chi connectivity index (χ2v) is 4.39. The molecule has 0 saturated heterocycles. The van der Waals surface area contributed by atoms with E-state index in [-0.39, 0.29) is 0 Å². The van der Waals surface area contributed by atoms with Crippen LogP contribution in [-0.2, 0) is 9.59 Å².